The molecule has 8 heteroatoms. The van der Waals surface area contributed by atoms with Crippen LogP contribution in [0.25, 0.3) is 0 Å². The minimum Gasteiger partial charge on any atom is -0.430 e. The SMILES string of the molecule is C#CC[C@H](C)[C@H](OC(=O)OCC(Cl)(Cl)Cl)[C@@H](C)C(=O)C(C)(C)C=O. The molecule has 0 saturated carbocycles. The van der Waals surface area contributed by atoms with E-state index >= 15 is 0 Å². The quantitative estimate of drug-likeness (QED) is 0.203. The van der Waals surface area contributed by atoms with Gasteiger partial charge in [0.25, 0.3) is 0 Å². The second-order valence-corrected chi connectivity index (χ2v) is 8.63. The number of hydrogen-bond donors (Lipinski definition) is 0. The maximum absolute atomic E-state index is 12.5. The van der Waals surface area contributed by atoms with Crippen molar-refractivity contribution in [3.05, 3.63) is 0 Å². The summed E-state index contributed by atoms with van der Waals surface area (Å²) < 4.78 is 8.15. The van der Waals surface area contributed by atoms with Gasteiger partial charge < -0.3 is 14.3 Å². The summed E-state index contributed by atoms with van der Waals surface area (Å²) in [6.45, 7) is 5.76. The van der Waals surface area contributed by atoms with Gasteiger partial charge in [-0.25, -0.2) is 4.79 Å². The van der Waals surface area contributed by atoms with Crippen LogP contribution in [0.3, 0.4) is 0 Å². The Balaban J connectivity index is 5.19. The lowest BCUT2D eigenvalue weighted by atomic mass is 9.78. The first-order valence-corrected chi connectivity index (χ1v) is 8.33. The van der Waals surface area contributed by atoms with Crippen LogP contribution < -0.4 is 0 Å². The van der Waals surface area contributed by atoms with E-state index in [9.17, 15) is 14.4 Å². The van der Waals surface area contributed by atoms with Crippen LogP contribution in [-0.4, -0.2) is 34.7 Å². The van der Waals surface area contributed by atoms with Crippen molar-refractivity contribution in [1.82, 2.24) is 0 Å². The summed E-state index contributed by atoms with van der Waals surface area (Å²) in [7, 11) is 0. The van der Waals surface area contributed by atoms with E-state index in [1.807, 2.05) is 0 Å². The third-order valence-electron chi connectivity index (χ3n) is 3.42. The van der Waals surface area contributed by atoms with Crippen LogP contribution in [0.1, 0.15) is 34.1 Å². The predicted octanol–water partition coefficient (Wildman–Crippen LogP) is 3.97. The number of Topliss-reactive ketones (excluding diaryl/α,β-unsaturated/α-hetero) is 1. The summed E-state index contributed by atoms with van der Waals surface area (Å²) in [5.41, 5.74) is -1.21. The Morgan fingerprint density at radius 2 is 1.79 bits per heavy atom. The molecule has 0 rings (SSSR count). The van der Waals surface area contributed by atoms with Gasteiger partial charge in [-0.05, 0) is 13.8 Å². The lowest BCUT2D eigenvalue weighted by molar-refractivity contribution is -0.139. The molecule has 24 heavy (non-hydrogen) atoms. The Hall–Kier alpha value is -0.960. The molecule has 0 spiro atoms. The Kier molecular flexibility index (Phi) is 9.12. The van der Waals surface area contributed by atoms with Crippen LogP contribution in [0.2, 0.25) is 0 Å². The lowest BCUT2D eigenvalue weighted by Gasteiger charge is -2.30. The number of carbonyl (C=O) groups excluding carboxylic acids is 3. The van der Waals surface area contributed by atoms with E-state index in [1.54, 1.807) is 13.8 Å². The fraction of sp³-hybridized carbons (Fsp3) is 0.688. The molecular weight excluding hydrogens is 379 g/mol. The molecule has 0 aromatic heterocycles. The van der Waals surface area contributed by atoms with E-state index in [4.69, 9.17) is 50.7 Å². The Labute approximate surface area is 157 Å². The van der Waals surface area contributed by atoms with Crippen LogP contribution in [-0.2, 0) is 19.1 Å². The van der Waals surface area contributed by atoms with Crippen molar-refractivity contribution in [2.45, 2.75) is 44.0 Å². The first-order chi connectivity index (χ1) is 10.9. The first kappa shape index (κ1) is 23.0. The number of rotatable bonds is 8. The zero-order valence-corrected chi connectivity index (χ0v) is 16.2. The van der Waals surface area contributed by atoms with Gasteiger partial charge in [-0.1, -0.05) is 48.7 Å². The number of terminal acetylenes is 1. The molecule has 136 valence electrons. The topological polar surface area (TPSA) is 69.7 Å². The molecule has 5 nitrogen and oxygen atoms in total. The second-order valence-electron chi connectivity index (χ2n) is 6.11. The van der Waals surface area contributed by atoms with Gasteiger partial charge in [0.15, 0.2) is 5.78 Å². The number of alkyl halides is 3. The van der Waals surface area contributed by atoms with Crippen molar-refractivity contribution in [1.29, 1.82) is 0 Å². The van der Waals surface area contributed by atoms with E-state index in [0.29, 0.717) is 6.29 Å². The zero-order valence-electron chi connectivity index (χ0n) is 14.0. The second kappa shape index (κ2) is 9.50. The standard InChI is InChI=1S/C16H21Cl3O5/c1-6-7-10(2)12(11(3)13(21)15(4,5)8-20)24-14(22)23-9-16(17,18)19/h1,8,10-12H,7,9H2,2-5H3/t10-,11+,12-/m0/s1. The van der Waals surface area contributed by atoms with Crippen LogP contribution >= 0.6 is 34.8 Å². The maximum Gasteiger partial charge on any atom is 0.508 e. The summed E-state index contributed by atoms with van der Waals surface area (Å²) in [6.07, 6.45) is 4.14. The van der Waals surface area contributed by atoms with Gasteiger partial charge in [0.05, 0.1) is 11.3 Å². The largest absolute Gasteiger partial charge is 0.508 e. The lowest BCUT2D eigenvalue weighted by Crippen LogP contribution is -2.42. The summed E-state index contributed by atoms with van der Waals surface area (Å²) in [4.78, 5) is 35.4. The highest BCUT2D eigenvalue weighted by molar-refractivity contribution is 6.67. The van der Waals surface area contributed by atoms with E-state index < -0.39 is 34.0 Å². The molecule has 0 unspecified atom stereocenters. The highest BCUT2D eigenvalue weighted by Crippen LogP contribution is 2.29. The molecule has 0 aliphatic rings. The Bertz CT molecular complexity index is 505. The predicted molar refractivity (Wildman–Crippen MR) is 93.1 cm³/mol. The summed E-state index contributed by atoms with van der Waals surface area (Å²) >= 11 is 16.5. The van der Waals surface area contributed by atoms with Crippen molar-refractivity contribution < 1.29 is 23.9 Å². The number of ketones is 1. The number of hydrogen-bond acceptors (Lipinski definition) is 5. The molecular formula is C16H21Cl3O5. The molecule has 0 aromatic rings. The van der Waals surface area contributed by atoms with Gasteiger partial charge in [-0.15, -0.1) is 12.3 Å². The highest BCUT2D eigenvalue weighted by Gasteiger charge is 2.39. The van der Waals surface area contributed by atoms with Crippen molar-refractivity contribution in [3.8, 4) is 12.3 Å². The van der Waals surface area contributed by atoms with Gasteiger partial charge in [-0.3, -0.25) is 4.79 Å². The van der Waals surface area contributed by atoms with Crippen LogP contribution in [0.4, 0.5) is 4.79 Å². The molecule has 0 radical (unpaired) electrons. The minimum atomic E-state index is -1.78. The van der Waals surface area contributed by atoms with Crippen molar-refractivity contribution >= 4 is 53.0 Å². The number of aldehydes is 1. The van der Waals surface area contributed by atoms with Crippen molar-refractivity contribution in [2.24, 2.45) is 17.3 Å². The van der Waals surface area contributed by atoms with Crippen LogP contribution in [0.15, 0.2) is 0 Å². The van der Waals surface area contributed by atoms with Crippen molar-refractivity contribution in [2.75, 3.05) is 6.61 Å². The van der Waals surface area contributed by atoms with Gasteiger partial charge in [0.1, 0.15) is 19.0 Å². The molecule has 0 aliphatic carbocycles. The average molecular weight is 400 g/mol. The summed E-state index contributed by atoms with van der Waals surface area (Å²) in [6, 6.07) is 0. The van der Waals surface area contributed by atoms with E-state index in [2.05, 4.69) is 5.92 Å². The number of carbonyl (C=O) groups is 3. The monoisotopic (exact) mass is 398 g/mol. The van der Waals surface area contributed by atoms with Gasteiger partial charge in [0.2, 0.25) is 3.79 Å². The van der Waals surface area contributed by atoms with Gasteiger partial charge in [0, 0.05) is 12.3 Å². The minimum absolute atomic E-state index is 0.265. The van der Waals surface area contributed by atoms with Gasteiger partial charge in [-0.2, -0.15) is 0 Å². The third-order valence-corrected chi connectivity index (χ3v) is 3.75. The Morgan fingerprint density at radius 1 is 1.25 bits per heavy atom. The summed E-state index contributed by atoms with van der Waals surface area (Å²) in [5.74, 6) is 0.967. The molecule has 0 aliphatic heterocycles. The highest BCUT2D eigenvalue weighted by atomic mass is 35.6. The normalized spacial score (nSPS) is 15.6. The fourth-order valence-electron chi connectivity index (χ4n) is 2.09. The maximum atomic E-state index is 12.5. The number of ether oxygens (including phenoxy) is 2. The molecule has 0 heterocycles. The average Bonchev–Trinajstić information content (AvgIpc) is 2.48. The molecule has 0 N–H and O–H groups in total. The molecule has 3 atom stereocenters. The molecule has 0 saturated heterocycles. The van der Waals surface area contributed by atoms with E-state index in [0.717, 1.165) is 0 Å². The Morgan fingerprint density at radius 3 is 2.21 bits per heavy atom. The molecule has 0 bridgehead atoms. The van der Waals surface area contributed by atoms with E-state index in [-0.39, 0.29) is 18.1 Å². The molecule has 0 aromatic carbocycles. The molecule has 0 amide bonds. The van der Waals surface area contributed by atoms with E-state index in [1.165, 1.54) is 13.8 Å². The first-order valence-electron chi connectivity index (χ1n) is 7.20. The van der Waals surface area contributed by atoms with Crippen molar-refractivity contribution in [3.63, 3.8) is 0 Å². The summed E-state index contributed by atoms with van der Waals surface area (Å²) in [5, 5.41) is 0. The zero-order chi connectivity index (χ0) is 19.1. The van der Waals surface area contributed by atoms with Crippen LogP contribution in [0, 0.1) is 29.6 Å². The molecule has 0 fully saturated rings. The number of halogens is 3. The van der Waals surface area contributed by atoms with Crippen LogP contribution in [0.5, 0.6) is 0 Å². The smallest absolute Gasteiger partial charge is 0.430 e. The fourth-order valence-corrected chi connectivity index (χ4v) is 2.26. The third kappa shape index (κ3) is 7.74. The van der Waals surface area contributed by atoms with Gasteiger partial charge >= 0.3 is 6.16 Å².